The van der Waals surface area contributed by atoms with Crippen molar-refractivity contribution in [2.75, 3.05) is 0 Å². The molecule has 0 saturated carbocycles. The van der Waals surface area contributed by atoms with Crippen molar-refractivity contribution in [2.24, 2.45) is 12.2 Å². The largest absolute Gasteiger partial charge is 0.410 e. The topological polar surface area (TPSA) is 121 Å². The highest BCUT2D eigenvalue weighted by molar-refractivity contribution is 7.89. The number of hydrogen-bond acceptors (Lipinski definition) is 5. The Labute approximate surface area is 73.2 Å². The number of rotatable bonds is 2. The van der Waals surface area contributed by atoms with Gasteiger partial charge in [0.1, 0.15) is 0 Å². The molecule has 72 valence electrons. The van der Waals surface area contributed by atoms with Crippen LogP contribution in [0.2, 0.25) is 0 Å². The first kappa shape index (κ1) is 9.61. The van der Waals surface area contributed by atoms with Gasteiger partial charge in [-0.15, -0.1) is 0 Å². The molecule has 1 aromatic rings. The predicted octanol–water partition coefficient (Wildman–Crippen LogP) is -1.02. The van der Waals surface area contributed by atoms with Crippen LogP contribution in [-0.4, -0.2) is 23.1 Å². The van der Waals surface area contributed by atoms with Crippen LogP contribution < -0.4 is 5.14 Å². The summed E-state index contributed by atoms with van der Waals surface area (Å²) in [6.45, 7) is 0. The summed E-state index contributed by atoms with van der Waals surface area (Å²) in [4.78, 5) is 8.81. The lowest BCUT2D eigenvalue weighted by molar-refractivity contribution is -0.392. The van der Waals surface area contributed by atoms with Gasteiger partial charge in [-0.3, -0.25) is 0 Å². The number of nitrogens with zero attached hydrogens (tertiary/aromatic N) is 3. The summed E-state index contributed by atoms with van der Waals surface area (Å²) in [7, 11) is -2.72. The molecule has 0 unspecified atom stereocenters. The molecule has 0 aliphatic carbocycles. The van der Waals surface area contributed by atoms with E-state index in [2.05, 4.69) is 5.10 Å². The molecule has 0 saturated heterocycles. The average Bonchev–Trinajstić information content (AvgIpc) is 2.29. The van der Waals surface area contributed by atoms with E-state index in [4.69, 9.17) is 5.14 Å². The van der Waals surface area contributed by atoms with Crippen molar-refractivity contribution < 1.29 is 13.3 Å². The minimum absolute atomic E-state index is 0.583. The van der Waals surface area contributed by atoms with Crippen LogP contribution in [0.15, 0.2) is 11.1 Å². The van der Waals surface area contributed by atoms with Gasteiger partial charge in [-0.05, 0) is 4.92 Å². The highest BCUT2D eigenvalue weighted by atomic mass is 32.2. The van der Waals surface area contributed by atoms with Crippen LogP contribution in [0.1, 0.15) is 0 Å². The molecule has 2 N–H and O–H groups in total. The van der Waals surface area contributed by atoms with Crippen molar-refractivity contribution in [2.45, 2.75) is 4.90 Å². The number of nitrogens with two attached hydrogens (primary N) is 1. The molecule has 8 nitrogen and oxygen atoms in total. The Morgan fingerprint density at radius 3 is 2.54 bits per heavy atom. The second kappa shape index (κ2) is 2.78. The molecule has 0 bridgehead atoms. The molecule has 0 spiro atoms. The van der Waals surface area contributed by atoms with Gasteiger partial charge in [0.05, 0.1) is 18.3 Å². The van der Waals surface area contributed by atoms with Crippen LogP contribution >= 0.6 is 0 Å². The van der Waals surface area contributed by atoms with E-state index in [0.29, 0.717) is 0 Å². The molecule has 0 aliphatic rings. The fourth-order valence-electron chi connectivity index (χ4n) is 0.782. The van der Waals surface area contributed by atoms with Gasteiger partial charge in [0, 0.05) is 0 Å². The van der Waals surface area contributed by atoms with Crippen molar-refractivity contribution in [1.82, 2.24) is 9.78 Å². The van der Waals surface area contributed by atoms with Gasteiger partial charge in [0.2, 0.25) is 14.9 Å². The number of primary sulfonamides is 1. The van der Waals surface area contributed by atoms with Gasteiger partial charge < -0.3 is 10.1 Å². The molecule has 1 rings (SSSR count). The molecule has 0 radical (unpaired) electrons. The molecular formula is C4H6N4O4S. The van der Waals surface area contributed by atoms with E-state index in [1.807, 2.05) is 0 Å². The van der Waals surface area contributed by atoms with E-state index in [1.165, 1.54) is 7.05 Å². The second-order valence-electron chi connectivity index (χ2n) is 2.29. The molecule has 0 atom stereocenters. The molecule has 0 aromatic carbocycles. The van der Waals surface area contributed by atoms with E-state index >= 15 is 0 Å². The standard InChI is InChI=1S/C4H6N4O4S/c1-7-2-3(13(5,11)12)4(6-7)8(9)10/h2H,1H3,(H2,5,11,12). The van der Waals surface area contributed by atoms with Gasteiger partial charge in [-0.1, -0.05) is 0 Å². The number of hydrogen-bond donors (Lipinski definition) is 1. The third kappa shape index (κ3) is 1.81. The summed E-state index contributed by atoms with van der Waals surface area (Å²) in [6.07, 6.45) is 0.980. The number of sulfonamides is 1. The summed E-state index contributed by atoms with van der Waals surface area (Å²) in [5, 5.41) is 18.3. The Morgan fingerprint density at radius 2 is 2.23 bits per heavy atom. The van der Waals surface area contributed by atoms with Gasteiger partial charge >= 0.3 is 5.82 Å². The summed E-state index contributed by atoms with van der Waals surface area (Å²) in [6, 6.07) is 0. The summed E-state index contributed by atoms with van der Waals surface area (Å²) >= 11 is 0. The second-order valence-corrected chi connectivity index (χ2v) is 3.82. The Balaban J connectivity index is 3.46. The Bertz CT molecular complexity index is 447. The third-order valence-electron chi connectivity index (χ3n) is 1.26. The van der Waals surface area contributed by atoms with Crippen molar-refractivity contribution in [1.29, 1.82) is 0 Å². The van der Waals surface area contributed by atoms with Crippen LogP contribution in [0.4, 0.5) is 5.82 Å². The first-order valence-electron chi connectivity index (χ1n) is 3.03. The molecule has 9 heteroatoms. The number of aromatic nitrogens is 2. The molecule has 0 fully saturated rings. The fourth-order valence-corrected chi connectivity index (χ4v) is 1.45. The number of nitro groups is 1. The maximum atomic E-state index is 10.8. The zero-order valence-corrected chi connectivity index (χ0v) is 7.35. The molecule has 13 heavy (non-hydrogen) atoms. The Kier molecular flexibility index (Phi) is 2.05. The lowest BCUT2D eigenvalue weighted by Crippen LogP contribution is -2.13. The summed E-state index contributed by atoms with van der Waals surface area (Å²) < 4.78 is 22.6. The minimum atomic E-state index is -4.08. The molecule has 0 amide bonds. The Hall–Kier alpha value is -1.48. The van der Waals surface area contributed by atoms with E-state index in [1.54, 1.807) is 0 Å². The summed E-state index contributed by atoms with van der Waals surface area (Å²) in [5.41, 5.74) is 0. The van der Waals surface area contributed by atoms with Crippen LogP contribution in [0.5, 0.6) is 0 Å². The zero-order valence-electron chi connectivity index (χ0n) is 6.54. The maximum Gasteiger partial charge on any atom is 0.410 e. The van der Waals surface area contributed by atoms with Crippen molar-refractivity contribution in [3.63, 3.8) is 0 Å². The van der Waals surface area contributed by atoms with Crippen molar-refractivity contribution >= 4 is 15.8 Å². The van der Waals surface area contributed by atoms with E-state index < -0.39 is 25.7 Å². The maximum absolute atomic E-state index is 10.8. The molecule has 0 aliphatic heterocycles. The zero-order chi connectivity index (χ0) is 10.2. The van der Waals surface area contributed by atoms with E-state index in [-0.39, 0.29) is 0 Å². The number of aryl methyl sites for hydroxylation is 1. The van der Waals surface area contributed by atoms with Gasteiger partial charge in [-0.2, -0.15) is 4.68 Å². The monoisotopic (exact) mass is 206 g/mol. The minimum Gasteiger partial charge on any atom is -0.358 e. The predicted molar refractivity (Wildman–Crippen MR) is 41.2 cm³/mol. The lowest BCUT2D eigenvalue weighted by Gasteiger charge is -1.91. The quantitative estimate of drug-likeness (QED) is 0.490. The smallest absolute Gasteiger partial charge is 0.358 e. The fraction of sp³-hybridized carbons (Fsp3) is 0.250. The average molecular weight is 206 g/mol. The lowest BCUT2D eigenvalue weighted by atomic mass is 10.6. The highest BCUT2D eigenvalue weighted by Gasteiger charge is 2.27. The van der Waals surface area contributed by atoms with Crippen molar-refractivity contribution in [3.8, 4) is 0 Å². The highest BCUT2D eigenvalue weighted by Crippen LogP contribution is 2.18. The third-order valence-corrected chi connectivity index (χ3v) is 2.16. The van der Waals surface area contributed by atoms with Crippen LogP contribution in [0, 0.1) is 10.1 Å². The molecule has 1 aromatic heterocycles. The van der Waals surface area contributed by atoms with Crippen molar-refractivity contribution in [3.05, 3.63) is 16.3 Å². The van der Waals surface area contributed by atoms with E-state index in [0.717, 1.165) is 10.9 Å². The molecule has 1 heterocycles. The molecular weight excluding hydrogens is 200 g/mol. The normalized spacial score (nSPS) is 11.5. The first-order valence-corrected chi connectivity index (χ1v) is 4.58. The Morgan fingerprint density at radius 1 is 1.69 bits per heavy atom. The first-order chi connectivity index (χ1) is 5.82. The van der Waals surface area contributed by atoms with Gasteiger partial charge in [0.15, 0.2) is 0 Å². The SMILES string of the molecule is Cn1cc(S(N)(=O)=O)c([N+](=O)[O-])n1. The summed E-state index contributed by atoms with van der Waals surface area (Å²) in [5.74, 6) is -0.759. The van der Waals surface area contributed by atoms with Gasteiger partial charge in [0.25, 0.3) is 0 Å². The van der Waals surface area contributed by atoms with E-state index in [9.17, 15) is 18.5 Å². The van der Waals surface area contributed by atoms with Crippen LogP contribution in [0.3, 0.4) is 0 Å². The van der Waals surface area contributed by atoms with Crippen LogP contribution in [0.25, 0.3) is 0 Å². The van der Waals surface area contributed by atoms with Gasteiger partial charge in [-0.25, -0.2) is 13.6 Å². The van der Waals surface area contributed by atoms with Crippen LogP contribution in [-0.2, 0) is 17.1 Å².